The van der Waals surface area contributed by atoms with Gasteiger partial charge in [0.1, 0.15) is 5.75 Å². The molecule has 0 aliphatic rings. The summed E-state index contributed by atoms with van der Waals surface area (Å²) >= 11 is 0. The fourth-order valence-electron chi connectivity index (χ4n) is 2.70. The number of benzene rings is 2. The maximum atomic E-state index is 5.48. The third kappa shape index (κ3) is 3.19. The van der Waals surface area contributed by atoms with Gasteiger partial charge in [-0.2, -0.15) is 0 Å². The summed E-state index contributed by atoms with van der Waals surface area (Å²) in [6.07, 6.45) is 1.05. The van der Waals surface area contributed by atoms with Crippen LogP contribution in [0.1, 0.15) is 24.9 Å². The zero-order valence-corrected chi connectivity index (χ0v) is 13.3. The number of nitrogens with one attached hydrogen (secondary N) is 1. The van der Waals surface area contributed by atoms with E-state index in [9.17, 15) is 0 Å². The van der Waals surface area contributed by atoms with E-state index in [0.29, 0.717) is 6.04 Å². The summed E-state index contributed by atoms with van der Waals surface area (Å²) in [6.45, 7) is 2.20. The van der Waals surface area contributed by atoms with E-state index in [4.69, 9.17) is 4.74 Å². The fourth-order valence-corrected chi connectivity index (χ4v) is 2.70. The lowest BCUT2D eigenvalue weighted by atomic mass is 10.0. The lowest BCUT2D eigenvalue weighted by Gasteiger charge is -2.27. The monoisotopic (exact) mass is 284 g/mol. The van der Waals surface area contributed by atoms with Crippen molar-refractivity contribution in [1.29, 1.82) is 0 Å². The fraction of sp³-hybridized carbons (Fsp3) is 0.333. The van der Waals surface area contributed by atoms with Crippen molar-refractivity contribution in [2.45, 2.75) is 19.4 Å². The van der Waals surface area contributed by atoms with Crippen LogP contribution in [0, 0.1) is 0 Å². The van der Waals surface area contributed by atoms with E-state index in [-0.39, 0.29) is 0 Å². The van der Waals surface area contributed by atoms with Crippen LogP contribution in [0.25, 0.3) is 0 Å². The maximum absolute atomic E-state index is 5.48. The van der Waals surface area contributed by atoms with Crippen molar-refractivity contribution >= 4 is 11.4 Å². The molecule has 112 valence electrons. The summed E-state index contributed by atoms with van der Waals surface area (Å²) in [7, 11) is 5.80. The molecule has 0 fully saturated rings. The molecule has 0 spiro atoms. The highest BCUT2D eigenvalue weighted by atomic mass is 16.5. The maximum Gasteiger partial charge on any atom is 0.142 e. The number of nitrogens with zero attached hydrogens (tertiary/aromatic N) is 1. The molecule has 0 radical (unpaired) electrons. The molecular weight excluding hydrogens is 260 g/mol. The first-order valence-corrected chi connectivity index (χ1v) is 7.35. The van der Waals surface area contributed by atoms with Crippen LogP contribution in [0.4, 0.5) is 11.4 Å². The van der Waals surface area contributed by atoms with E-state index in [1.54, 1.807) is 7.11 Å². The highest BCUT2D eigenvalue weighted by Crippen LogP contribution is 2.36. The van der Waals surface area contributed by atoms with Gasteiger partial charge < -0.3 is 15.0 Å². The summed E-state index contributed by atoms with van der Waals surface area (Å²) in [4.78, 5) is 2.19. The van der Waals surface area contributed by atoms with Gasteiger partial charge in [0.15, 0.2) is 0 Å². The number of hydrogen-bond acceptors (Lipinski definition) is 3. The molecule has 0 heterocycles. The van der Waals surface area contributed by atoms with E-state index in [1.165, 1.54) is 11.3 Å². The number of ether oxygens (including phenoxy) is 1. The van der Waals surface area contributed by atoms with Crippen molar-refractivity contribution in [2.75, 3.05) is 26.1 Å². The number of hydrogen-bond donors (Lipinski definition) is 1. The van der Waals surface area contributed by atoms with E-state index in [0.717, 1.165) is 17.9 Å². The summed E-state index contributed by atoms with van der Waals surface area (Å²) in [6, 6.07) is 16.9. The van der Waals surface area contributed by atoms with E-state index < -0.39 is 0 Å². The quantitative estimate of drug-likeness (QED) is 0.863. The molecular formula is C18H24N2O. The summed E-state index contributed by atoms with van der Waals surface area (Å²) in [5.74, 6) is 0.882. The molecule has 0 saturated heterocycles. The average Bonchev–Trinajstić information content (AvgIpc) is 2.56. The first-order chi connectivity index (χ1) is 10.2. The van der Waals surface area contributed by atoms with Crippen LogP contribution in [0.2, 0.25) is 0 Å². The number of anilines is 2. The molecule has 0 amide bonds. The smallest absolute Gasteiger partial charge is 0.142 e. The molecule has 21 heavy (non-hydrogen) atoms. The van der Waals surface area contributed by atoms with Crippen molar-refractivity contribution in [1.82, 2.24) is 5.32 Å². The van der Waals surface area contributed by atoms with Gasteiger partial charge in [-0.05, 0) is 37.2 Å². The Balaban J connectivity index is 2.46. The highest BCUT2D eigenvalue weighted by molar-refractivity contribution is 5.71. The first-order valence-electron chi connectivity index (χ1n) is 7.35. The van der Waals surface area contributed by atoms with Gasteiger partial charge in [0, 0.05) is 18.8 Å². The minimum absolute atomic E-state index is 0.346. The highest BCUT2D eigenvalue weighted by Gasteiger charge is 2.16. The van der Waals surface area contributed by atoms with Crippen molar-refractivity contribution in [2.24, 2.45) is 0 Å². The average molecular weight is 284 g/mol. The molecule has 0 bridgehead atoms. The predicted molar refractivity (Wildman–Crippen MR) is 89.6 cm³/mol. The number of rotatable bonds is 6. The van der Waals surface area contributed by atoms with Gasteiger partial charge in [-0.25, -0.2) is 0 Å². The molecule has 1 atom stereocenters. The Morgan fingerprint density at radius 1 is 1.05 bits per heavy atom. The van der Waals surface area contributed by atoms with Crippen molar-refractivity contribution in [3.8, 4) is 5.75 Å². The lowest BCUT2D eigenvalue weighted by Crippen LogP contribution is -2.20. The largest absolute Gasteiger partial charge is 0.495 e. The van der Waals surface area contributed by atoms with Gasteiger partial charge in [0.25, 0.3) is 0 Å². The SMILES string of the molecule is CCC(NC)c1ccccc1N(C)c1ccccc1OC. The molecule has 3 heteroatoms. The van der Waals surface area contributed by atoms with Crippen LogP contribution < -0.4 is 15.0 Å². The Kier molecular flexibility index (Phi) is 5.23. The third-order valence-electron chi connectivity index (χ3n) is 3.88. The molecule has 0 aliphatic heterocycles. The second-order valence-electron chi connectivity index (χ2n) is 5.04. The van der Waals surface area contributed by atoms with Crippen LogP contribution in [0.15, 0.2) is 48.5 Å². The van der Waals surface area contributed by atoms with Crippen molar-refractivity contribution in [3.63, 3.8) is 0 Å². The molecule has 0 aliphatic carbocycles. The standard InChI is InChI=1S/C18H24N2O/c1-5-15(19-2)14-10-6-7-11-16(14)20(3)17-12-8-9-13-18(17)21-4/h6-13,15,19H,5H2,1-4H3. The summed E-state index contributed by atoms with van der Waals surface area (Å²) in [5.41, 5.74) is 3.57. The Labute approximate surface area is 127 Å². The van der Waals surface area contributed by atoms with Crippen LogP contribution in [-0.4, -0.2) is 21.2 Å². The van der Waals surface area contributed by atoms with Crippen molar-refractivity contribution < 1.29 is 4.74 Å². The molecule has 3 nitrogen and oxygen atoms in total. The van der Waals surface area contributed by atoms with Gasteiger partial charge >= 0.3 is 0 Å². The van der Waals surface area contributed by atoms with E-state index in [2.05, 4.69) is 54.5 Å². The lowest BCUT2D eigenvalue weighted by molar-refractivity contribution is 0.415. The van der Waals surface area contributed by atoms with Gasteiger partial charge in [-0.3, -0.25) is 0 Å². The second kappa shape index (κ2) is 7.14. The minimum Gasteiger partial charge on any atom is -0.495 e. The first kappa shape index (κ1) is 15.4. The predicted octanol–water partition coefficient (Wildman–Crippen LogP) is 4.13. The molecule has 2 rings (SSSR count). The van der Waals surface area contributed by atoms with Crippen LogP contribution in [-0.2, 0) is 0 Å². The van der Waals surface area contributed by atoms with Gasteiger partial charge in [-0.1, -0.05) is 37.3 Å². The Hall–Kier alpha value is -2.00. The summed E-state index contributed by atoms with van der Waals surface area (Å²) in [5, 5.41) is 3.39. The van der Waals surface area contributed by atoms with Crippen LogP contribution in [0.5, 0.6) is 5.75 Å². The molecule has 2 aromatic rings. The Morgan fingerprint density at radius 3 is 2.29 bits per heavy atom. The van der Waals surface area contributed by atoms with E-state index >= 15 is 0 Å². The Bertz CT molecular complexity index is 579. The van der Waals surface area contributed by atoms with Crippen LogP contribution in [0.3, 0.4) is 0 Å². The summed E-state index contributed by atoms with van der Waals surface area (Å²) < 4.78 is 5.48. The molecule has 0 aromatic heterocycles. The molecule has 2 aromatic carbocycles. The van der Waals surface area contributed by atoms with Gasteiger partial charge in [0.2, 0.25) is 0 Å². The van der Waals surface area contributed by atoms with Gasteiger partial charge in [-0.15, -0.1) is 0 Å². The number of methoxy groups -OCH3 is 1. The normalized spacial score (nSPS) is 12.0. The van der Waals surface area contributed by atoms with Crippen LogP contribution >= 0.6 is 0 Å². The molecule has 1 N–H and O–H groups in total. The topological polar surface area (TPSA) is 24.5 Å². The molecule has 1 unspecified atom stereocenters. The Morgan fingerprint density at radius 2 is 1.67 bits per heavy atom. The number of para-hydroxylation sites is 3. The third-order valence-corrected chi connectivity index (χ3v) is 3.88. The minimum atomic E-state index is 0.346. The second-order valence-corrected chi connectivity index (χ2v) is 5.04. The molecule has 0 saturated carbocycles. The zero-order chi connectivity index (χ0) is 15.2. The van der Waals surface area contributed by atoms with E-state index in [1.807, 2.05) is 25.2 Å². The van der Waals surface area contributed by atoms with Crippen molar-refractivity contribution in [3.05, 3.63) is 54.1 Å². The zero-order valence-electron chi connectivity index (χ0n) is 13.3. The van der Waals surface area contributed by atoms with Gasteiger partial charge in [0.05, 0.1) is 12.8 Å².